The van der Waals surface area contributed by atoms with Crippen LogP contribution in [0.15, 0.2) is 30.7 Å². The van der Waals surface area contributed by atoms with Crippen LogP contribution in [0.25, 0.3) is 5.65 Å². The number of ether oxygens (including phenoxy) is 1. The summed E-state index contributed by atoms with van der Waals surface area (Å²) >= 11 is 0. The zero-order valence-corrected chi connectivity index (χ0v) is 13.4. The Labute approximate surface area is 134 Å². The van der Waals surface area contributed by atoms with Gasteiger partial charge in [0.05, 0.1) is 12.3 Å². The lowest BCUT2D eigenvalue weighted by molar-refractivity contribution is -0.0388. The topological polar surface area (TPSA) is 60.5 Å². The second-order valence-corrected chi connectivity index (χ2v) is 6.02. The SMILES string of the molecule is Cc1cccc2nc(CN3CCO[C@H](c4nncn4C)C3)cn12. The van der Waals surface area contributed by atoms with Crippen LogP contribution < -0.4 is 0 Å². The minimum atomic E-state index is -0.0324. The van der Waals surface area contributed by atoms with Gasteiger partial charge in [0.2, 0.25) is 0 Å². The highest BCUT2D eigenvalue weighted by Crippen LogP contribution is 2.21. The van der Waals surface area contributed by atoms with E-state index in [1.807, 2.05) is 23.7 Å². The van der Waals surface area contributed by atoms with E-state index in [0.717, 1.165) is 36.8 Å². The Balaban J connectivity index is 1.51. The van der Waals surface area contributed by atoms with Crippen LogP contribution in [0.1, 0.15) is 23.3 Å². The Bertz CT molecular complexity index is 823. The molecule has 23 heavy (non-hydrogen) atoms. The highest BCUT2D eigenvalue weighted by molar-refractivity contribution is 5.41. The molecule has 1 saturated heterocycles. The quantitative estimate of drug-likeness (QED) is 0.730. The molecule has 0 amide bonds. The number of fused-ring (bicyclic) bond motifs is 1. The first-order chi connectivity index (χ1) is 11.2. The van der Waals surface area contributed by atoms with Gasteiger partial charge in [-0.3, -0.25) is 4.90 Å². The Morgan fingerprint density at radius 1 is 1.35 bits per heavy atom. The van der Waals surface area contributed by atoms with Crippen LogP contribution in [0, 0.1) is 6.92 Å². The summed E-state index contributed by atoms with van der Waals surface area (Å²) in [7, 11) is 1.95. The third-order valence-corrected chi connectivity index (χ3v) is 4.32. The molecule has 3 aromatic heterocycles. The van der Waals surface area contributed by atoms with Crippen LogP contribution in [0.4, 0.5) is 0 Å². The minimum Gasteiger partial charge on any atom is -0.368 e. The normalized spacial score (nSPS) is 19.5. The molecular weight excluding hydrogens is 292 g/mol. The number of hydrogen-bond donors (Lipinski definition) is 0. The van der Waals surface area contributed by atoms with Gasteiger partial charge in [-0.25, -0.2) is 4.98 Å². The van der Waals surface area contributed by atoms with E-state index in [2.05, 4.69) is 38.7 Å². The molecule has 0 aromatic carbocycles. The van der Waals surface area contributed by atoms with Gasteiger partial charge in [-0.1, -0.05) is 6.07 Å². The average Bonchev–Trinajstić information content (AvgIpc) is 3.14. The molecule has 1 fully saturated rings. The molecule has 0 bridgehead atoms. The Hall–Kier alpha value is -2.25. The molecule has 0 N–H and O–H groups in total. The second-order valence-electron chi connectivity index (χ2n) is 6.02. The summed E-state index contributed by atoms with van der Waals surface area (Å²) in [5.41, 5.74) is 3.27. The first-order valence-corrected chi connectivity index (χ1v) is 7.82. The van der Waals surface area contributed by atoms with Crippen molar-refractivity contribution in [3.8, 4) is 0 Å². The maximum atomic E-state index is 5.86. The molecule has 0 saturated carbocycles. The Kier molecular flexibility index (Phi) is 3.59. The summed E-state index contributed by atoms with van der Waals surface area (Å²) in [5, 5.41) is 8.11. The largest absolute Gasteiger partial charge is 0.368 e. The molecule has 4 heterocycles. The van der Waals surface area contributed by atoms with E-state index in [4.69, 9.17) is 9.72 Å². The van der Waals surface area contributed by atoms with Crippen molar-refractivity contribution in [2.45, 2.75) is 19.6 Å². The highest BCUT2D eigenvalue weighted by atomic mass is 16.5. The molecule has 3 aromatic rings. The highest BCUT2D eigenvalue weighted by Gasteiger charge is 2.25. The summed E-state index contributed by atoms with van der Waals surface area (Å²) in [6.07, 6.45) is 3.80. The van der Waals surface area contributed by atoms with E-state index in [1.54, 1.807) is 6.33 Å². The number of aromatic nitrogens is 5. The monoisotopic (exact) mass is 312 g/mol. The standard InChI is InChI=1S/C16H20N6O/c1-12-4-3-5-15-18-13(9-22(12)15)8-21-6-7-23-14(10-21)16-19-17-11-20(16)2/h3-5,9,11,14H,6-8,10H2,1-2H3/t14-/m0/s1. The summed E-state index contributed by atoms with van der Waals surface area (Å²) in [5.74, 6) is 0.876. The maximum absolute atomic E-state index is 5.86. The average molecular weight is 312 g/mol. The lowest BCUT2D eigenvalue weighted by Crippen LogP contribution is -2.38. The summed E-state index contributed by atoms with van der Waals surface area (Å²) in [6, 6.07) is 6.18. The molecule has 1 aliphatic heterocycles. The van der Waals surface area contributed by atoms with Crippen LogP contribution in [0.3, 0.4) is 0 Å². The van der Waals surface area contributed by atoms with Crippen molar-refractivity contribution in [3.05, 3.63) is 47.9 Å². The summed E-state index contributed by atoms with van der Waals surface area (Å²) < 4.78 is 9.91. The number of imidazole rings is 1. The fourth-order valence-corrected chi connectivity index (χ4v) is 3.09. The van der Waals surface area contributed by atoms with Crippen LogP contribution in [-0.4, -0.2) is 48.7 Å². The van der Waals surface area contributed by atoms with Crippen molar-refractivity contribution in [3.63, 3.8) is 0 Å². The van der Waals surface area contributed by atoms with E-state index in [0.29, 0.717) is 6.61 Å². The van der Waals surface area contributed by atoms with Crippen molar-refractivity contribution in [2.75, 3.05) is 19.7 Å². The molecule has 1 aliphatic rings. The molecule has 0 radical (unpaired) electrons. The zero-order valence-electron chi connectivity index (χ0n) is 13.4. The zero-order chi connectivity index (χ0) is 15.8. The van der Waals surface area contributed by atoms with E-state index in [9.17, 15) is 0 Å². The van der Waals surface area contributed by atoms with Crippen LogP contribution in [0.5, 0.6) is 0 Å². The lowest BCUT2D eigenvalue weighted by atomic mass is 10.2. The van der Waals surface area contributed by atoms with E-state index >= 15 is 0 Å². The van der Waals surface area contributed by atoms with Gasteiger partial charge in [0.15, 0.2) is 5.82 Å². The van der Waals surface area contributed by atoms with Crippen LogP contribution in [-0.2, 0) is 18.3 Å². The van der Waals surface area contributed by atoms with Gasteiger partial charge in [0.25, 0.3) is 0 Å². The fraction of sp³-hybridized carbons (Fsp3) is 0.438. The molecular formula is C16H20N6O. The third kappa shape index (κ3) is 2.73. The van der Waals surface area contributed by atoms with Crippen molar-refractivity contribution in [1.29, 1.82) is 0 Å². The number of aryl methyl sites for hydroxylation is 2. The first-order valence-electron chi connectivity index (χ1n) is 7.82. The fourth-order valence-electron chi connectivity index (χ4n) is 3.09. The van der Waals surface area contributed by atoms with E-state index in [-0.39, 0.29) is 6.10 Å². The summed E-state index contributed by atoms with van der Waals surface area (Å²) in [6.45, 7) is 5.32. The summed E-state index contributed by atoms with van der Waals surface area (Å²) in [4.78, 5) is 7.08. The molecule has 1 atom stereocenters. The molecule has 0 unspecified atom stereocenters. The van der Waals surface area contributed by atoms with E-state index < -0.39 is 0 Å². The van der Waals surface area contributed by atoms with Crippen LogP contribution in [0.2, 0.25) is 0 Å². The van der Waals surface area contributed by atoms with Crippen molar-refractivity contribution >= 4 is 5.65 Å². The van der Waals surface area contributed by atoms with Gasteiger partial charge >= 0.3 is 0 Å². The number of pyridine rings is 1. The smallest absolute Gasteiger partial charge is 0.163 e. The van der Waals surface area contributed by atoms with E-state index in [1.165, 1.54) is 5.69 Å². The third-order valence-electron chi connectivity index (χ3n) is 4.32. The molecule has 0 aliphatic carbocycles. The van der Waals surface area contributed by atoms with Gasteiger partial charge in [0, 0.05) is 38.6 Å². The Morgan fingerprint density at radius 2 is 2.26 bits per heavy atom. The van der Waals surface area contributed by atoms with Crippen molar-refractivity contribution in [1.82, 2.24) is 29.0 Å². The Morgan fingerprint density at radius 3 is 3.04 bits per heavy atom. The van der Waals surface area contributed by atoms with Crippen LogP contribution >= 0.6 is 0 Å². The van der Waals surface area contributed by atoms with Gasteiger partial charge in [0.1, 0.15) is 18.1 Å². The van der Waals surface area contributed by atoms with Crippen molar-refractivity contribution in [2.24, 2.45) is 7.05 Å². The lowest BCUT2D eigenvalue weighted by Gasteiger charge is -2.31. The maximum Gasteiger partial charge on any atom is 0.163 e. The van der Waals surface area contributed by atoms with Gasteiger partial charge < -0.3 is 13.7 Å². The minimum absolute atomic E-state index is 0.0324. The molecule has 4 rings (SSSR count). The number of nitrogens with zero attached hydrogens (tertiary/aromatic N) is 6. The molecule has 7 heteroatoms. The van der Waals surface area contributed by atoms with Gasteiger partial charge in [-0.2, -0.15) is 0 Å². The second kappa shape index (κ2) is 5.75. The van der Waals surface area contributed by atoms with Crippen molar-refractivity contribution < 1.29 is 4.74 Å². The number of rotatable bonds is 3. The molecule has 0 spiro atoms. The predicted octanol–water partition coefficient (Wildman–Crippen LogP) is 1.34. The number of hydrogen-bond acceptors (Lipinski definition) is 5. The first kappa shape index (κ1) is 14.3. The molecule has 120 valence electrons. The molecule has 7 nitrogen and oxygen atoms in total. The number of morpholine rings is 1. The predicted molar refractivity (Wildman–Crippen MR) is 84.9 cm³/mol. The van der Waals surface area contributed by atoms with Gasteiger partial charge in [-0.15, -0.1) is 10.2 Å². The van der Waals surface area contributed by atoms with Gasteiger partial charge in [-0.05, 0) is 19.1 Å².